The number of imidazole rings is 1. The Bertz CT molecular complexity index is 1220. The van der Waals surface area contributed by atoms with E-state index in [0.717, 1.165) is 6.20 Å². The van der Waals surface area contributed by atoms with Crippen LogP contribution < -0.4 is 9.47 Å². The number of carbonyl (C=O) groups excluding carboxylic acids is 1. The van der Waals surface area contributed by atoms with Crippen molar-refractivity contribution in [2.75, 3.05) is 19.8 Å². The number of esters is 1. The minimum absolute atomic E-state index is 0.0564. The topological polar surface area (TPSA) is 106 Å². The average molecular weight is 474 g/mol. The Morgan fingerprint density at radius 1 is 1.24 bits per heavy atom. The Kier molecular flexibility index (Phi) is 6.55. The lowest BCUT2D eigenvalue weighted by atomic mass is 10.2. The highest BCUT2D eigenvalue weighted by Gasteiger charge is 2.23. The molecule has 0 saturated carbocycles. The molecule has 0 saturated heterocycles. The average Bonchev–Trinajstić information content (AvgIpc) is 3.21. The number of hydrogen-bond donors (Lipinski definition) is 0. The summed E-state index contributed by atoms with van der Waals surface area (Å²) in [5, 5.41) is 11.6. The van der Waals surface area contributed by atoms with Crippen molar-refractivity contribution in [1.82, 2.24) is 9.55 Å². The van der Waals surface area contributed by atoms with Crippen molar-refractivity contribution in [3.8, 4) is 11.5 Å². The molecule has 0 aliphatic carbocycles. The number of halogens is 2. The van der Waals surface area contributed by atoms with Crippen LogP contribution in [0, 0.1) is 15.9 Å². The molecule has 0 unspecified atom stereocenters. The number of para-hydroxylation sites is 1. The molecule has 2 aromatic carbocycles. The molecule has 3 aromatic rings. The van der Waals surface area contributed by atoms with Gasteiger partial charge in [-0.2, -0.15) is 0 Å². The van der Waals surface area contributed by atoms with Crippen molar-refractivity contribution in [2.45, 2.75) is 6.54 Å². The third-order valence-corrected chi connectivity index (χ3v) is 5.11. The van der Waals surface area contributed by atoms with Crippen molar-refractivity contribution in [2.24, 2.45) is 0 Å². The molecule has 0 bridgehead atoms. The van der Waals surface area contributed by atoms with Crippen molar-refractivity contribution in [3.63, 3.8) is 0 Å². The van der Waals surface area contributed by atoms with Crippen LogP contribution in [0.5, 0.6) is 11.5 Å². The Morgan fingerprint density at radius 2 is 2.03 bits per heavy atom. The van der Waals surface area contributed by atoms with Gasteiger partial charge in [-0.25, -0.2) is 18.7 Å². The number of carbonyl (C=O) groups is 1. The summed E-state index contributed by atoms with van der Waals surface area (Å²) in [7, 11) is 0. The molecule has 0 fully saturated rings. The van der Waals surface area contributed by atoms with Gasteiger partial charge in [0.25, 0.3) is 0 Å². The summed E-state index contributed by atoms with van der Waals surface area (Å²) in [6.45, 7) is 0.450. The highest BCUT2D eigenvalue weighted by Crippen LogP contribution is 2.34. The fourth-order valence-corrected chi connectivity index (χ4v) is 3.48. The van der Waals surface area contributed by atoms with Gasteiger partial charge in [0, 0.05) is 11.6 Å². The molecule has 11 heteroatoms. The van der Waals surface area contributed by atoms with E-state index in [1.807, 2.05) is 0 Å². The Hall–Kier alpha value is -3.92. The molecule has 4 rings (SSSR count). The SMILES string of the molecule is O=C(OCCn1c([N+](=O)[O-])cnc1/C=C\c1c(F)cccc1Cl)c1cccc2c1OCCO2. The smallest absolute Gasteiger partial charge is 0.343 e. The van der Waals surface area contributed by atoms with E-state index in [4.69, 9.17) is 25.8 Å². The van der Waals surface area contributed by atoms with Crippen LogP contribution in [0.2, 0.25) is 5.02 Å². The van der Waals surface area contributed by atoms with Crippen LogP contribution in [0.25, 0.3) is 12.2 Å². The third kappa shape index (κ3) is 4.80. The van der Waals surface area contributed by atoms with Gasteiger partial charge in [-0.1, -0.05) is 23.7 Å². The summed E-state index contributed by atoms with van der Waals surface area (Å²) >= 11 is 6.02. The lowest BCUT2D eigenvalue weighted by Crippen LogP contribution is -2.19. The van der Waals surface area contributed by atoms with E-state index in [2.05, 4.69) is 4.98 Å². The monoisotopic (exact) mass is 473 g/mol. The molecule has 9 nitrogen and oxygen atoms in total. The van der Waals surface area contributed by atoms with Gasteiger partial charge in [0.1, 0.15) is 43.9 Å². The van der Waals surface area contributed by atoms with Crippen LogP contribution in [0.4, 0.5) is 10.2 Å². The van der Waals surface area contributed by atoms with Crippen molar-refractivity contribution >= 4 is 35.5 Å². The van der Waals surface area contributed by atoms with E-state index in [9.17, 15) is 19.3 Å². The number of rotatable bonds is 7. The van der Waals surface area contributed by atoms with E-state index in [1.54, 1.807) is 18.2 Å². The van der Waals surface area contributed by atoms with E-state index in [1.165, 1.54) is 34.9 Å². The Balaban J connectivity index is 1.50. The molecule has 0 radical (unpaired) electrons. The maximum absolute atomic E-state index is 14.0. The van der Waals surface area contributed by atoms with Crippen LogP contribution in [0.1, 0.15) is 21.7 Å². The first kappa shape index (κ1) is 22.3. The summed E-state index contributed by atoms with van der Waals surface area (Å²) in [5.74, 6) is -0.592. The Labute approximate surface area is 192 Å². The number of ether oxygens (including phenoxy) is 3. The molecule has 0 spiro atoms. The Morgan fingerprint density at radius 3 is 2.82 bits per heavy atom. The fourth-order valence-electron chi connectivity index (χ4n) is 3.26. The molecular formula is C22H17ClFN3O6. The lowest BCUT2D eigenvalue weighted by Gasteiger charge is -2.20. The van der Waals surface area contributed by atoms with Crippen molar-refractivity contribution in [1.29, 1.82) is 0 Å². The summed E-state index contributed by atoms with van der Waals surface area (Å²) in [4.78, 5) is 27.4. The van der Waals surface area contributed by atoms with Gasteiger partial charge in [0.2, 0.25) is 5.82 Å². The first-order valence-corrected chi connectivity index (χ1v) is 10.2. The first-order chi connectivity index (χ1) is 16.0. The second-order valence-electron chi connectivity index (χ2n) is 6.82. The maximum Gasteiger partial charge on any atom is 0.343 e. The second-order valence-corrected chi connectivity index (χ2v) is 7.22. The van der Waals surface area contributed by atoms with Crippen LogP contribution in [-0.2, 0) is 11.3 Å². The predicted molar refractivity (Wildman–Crippen MR) is 117 cm³/mol. The number of hydrogen-bond acceptors (Lipinski definition) is 7. The fraction of sp³-hybridized carbons (Fsp3) is 0.182. The number of nitrogens with zero attached hydrogens (tertiary/aromatic N) is 3. The molecule has 170 valence electrons. The maximum atomic E-state index is 14.0. The molecule has 0 atom stereocenters. The zero-order valence-electron chi connectivity index (χ0n) is 17.1. The van der Waals surface area contributed by atoms with E-state index in [0.29, 0.717) is 24.7 Å². The van der Waals surface area contributed by atoms with E-state index < -0.39 is 16.7 Å². The molecule has 2 heterocycles. The number of nitro groups is 1. The van der Waals surface area contributed by atoms with Gasteiger partial charge in [-0.3, -0.25) is 0 Å². The normalized spacial score (nSPS) is 12.7. The second kappa shape index (κ2) is 9.70. The van der Waals surface area contributed by atoms with Gasteiger partial charge in [0.15, 0.2) is 11.5 Å². The predicted octanol–water partition coefficient (Wildman–Crippen LogP) is 4.38. The van der Waals surface area contributed by atoms with E-state index >= 15 is 0 Å². The molecule has 1 aliphatic rings. The van der Waals surface area contributed by atoms with Gasteiger partial charge in [-0.05, 0) is 35.3 Å². The van der Waals surface area contributed by atoms with Crippen molar-refractivity contribution < 1.29 is 28.3 Å². The van der Waals surface area contributed by atoms with Gasteiger partial charge < -0.3 is 24.3 Å². The van der Waals surface area contributed by atoms with Gasteiger partial charge in [-0.15, -0.1) is 0 Å². The van der Waals surface area contributed by atoms with Crippen LogP contribution >= 0.6 is 11.6 Å². The standard InChI is InChI=1S/C22H17ClFN3O6/c23-16-4-2-5-17(24)14(16)7-8-19-25-13-20(27(29)30)26(19)9-10-33-22(28)15-3-1-6-18-21(15)32-12-11-31-18/h1-8,13H,9-12H2/b8-7-. The van der Waals surface area contributed by atoms with Gasteiger partial charge >= 0.3 is 11.8 Å². The number of aromatic nitrogens is 2. The zero-order valence-corrected chi connectivity index (χ0v) is 17.8. The van der Waals surface area contributed by atoms with Crippen LogP contribution in [-0.4, -0.2) is 40.3 Å². The van der Waals surface area contributed by atoms with E-state index in [-0.39, 0.29) is 40.9 Å². The highest BCUT2D eigenvalue weighted by molar-refractivity contribution is 6.32. The zero-order chi connectivity index (χ0) is 23.4. The molecule has 33 heavy (non-hydrogen) atoms. The first-order valence-electron chi connectivity index (χ1n) is 9.83. The summed E-state index contributed by atoms with van der Waals surface area (Å²) in [5.41, 5.74) is 0.320. The molecule has 1 aromatic heterocycles. The third-order valence-electron chi connectivity index (χ3n) is 4.79. The quantitative estimate of drug-likeness (QED) is 0.285. The lowest BCUT2D eigenvalue weighted by molar-refractivity contribution is -0.392. The minimum Gasteiger partial charge on any atom is -0.486 e. The summed E-state index contributed by atoms with van der Waals surface area (Å²) in [6, 6.07) is 9.10. The van der Waals surface area contributed by atoms with Crippen LogP contribution in [0.15, 0.2) is 42.6 Å². The van der Waals surface area contributed by atoms with Crippen LogP contribution in [0.3, 0.4) is 0 Å². The minimum atomic E-state index is -0.657. The molecular weight excluding hydrogens is 457 g/mol. The largest absolute Gasteiger partial charge is 0.486 e. The molecule has 0 N–H and O–H groups in total. The summed E-state index contributed by atoms with van der Waals surface area (Å²) < 4.78 is 31.5. The molecule has 0 amide bonds. The molecule has 1 aliphatic heterocycles. The summed E-state index contributed by atoms with van der Waals surface area (Å²) in [6.07, 6.45) is 3.85. The number of fused-ring (bicyclic) bond motifs is 1. The number of benzene rings is 2. The highest BCUT2D eigenvalue weighted by atomic mass is 35.5. The van der Waals surface area contributed by atoms with Gasteiger partial charge in [0.05, 0.1) is 5.02 Å². The van der Waals surface area contributed by atoms with Crippen molar-refractivity contribution in [3.05, 3.63) is 80.5 Å².